The van der Waals surface area contributed by atoms with Gasteiger partial charge in [-0.1, -0.05) is 12.1 Å². The third kappa shape index (κ3) is 3.50. The zero-order valence-electron chi connectivity index (χ0n) is 12.1. The van der Waals surface area contributed by atoms with E-state index in [0.29, 0.717) is 11.5 Å². The highest BCUT2D eigenvalue weighted by molar-refractivity contribution is 5.80. The Morgan fingerprint density at radius 2 is 1.83 bits per heavy atom. The van der Waals surface area contributed by atoms with Crippen LogP contribution in [0, 0.1) is 11.6 Å². The molecule has 0 aliphatic carbocycles. The fourth-order valence-corrected chi connectivity index (χ4v) is 2.15. The average molecular weight is 320 g/mol. The summed E-state index contributed by atoms with van der Waals surface area (Å²) in [5.74, 6) is -0.576. The van der Waals surface area contributed by atoms with Crippen LogP contribution in [0.4, 0.5) is 14.5 Å². The molecule has 0 radical (unpaired) electrons. The molecule has 0 atom stereocenters. The lowest BCUT2D eigenvalue weighted by molar-refractivity contribution is -0.119. The number of ether oxygens (including phenoxy) is 2. The number of benzene rings is 2. The summed E-state index contributed by atoms with van der Waals surface area (Å²) < 4.78 is 37.3. The second-order valence-corrected chi connectivity index (χ2v) is 4.91. The van der Waals surface area contributed by atoms with E-state index in [0.717, 1.165) is 17.7 Å². The molecule has 2 aromatic rings. The van der Waals surface area contributed by atoms with Gasteiger partial charge >= 0.3 is 0 Å². The fraction of sp³-hybridized carbons (Fsp3) is 0.188. The summed E-state index contributed by atoms with van der Waals surface area (Å²) in [5.41, 5.74) is 0.519. The van der Waals surface area contributed by atoms with E-state index in [9.17, 15) is 13.6 Å². The number of amides is 1. The lowest BCUT2D eigenvalue weighted by Crippen LogP contribution is -2.29. The van der Waals surface area contributed by atoms with Crippen LogP contribution in [0.25, 0.3) is 0 Å². The maximum absolute atomic E-state index is 13.4. The minimum absolute atomic E-state index is 0.184. The first-order valence-electron chi connectivity index (χ1n) is 6.96. The van der Waals surface area contributed by atoms with E-state index in [1.807, 2.05) is 0 Å². The first-order chi connectivity index (χ1) is 11.1. The SMILES string of the molecule is O=C(CNc1c(F)cccc1F)NCc1ccc2c(c1)OCO2. The van der Waals surface area contributed by atoms with Crippen LogP contribution < -0.4 is 20.1 Å². The van der Waals surface area contributed by atoms with E-state index < -0.39 is 11.6 Å². The van der Waals surface area contributed by atoms with Crippen LogP contribution in [-0.2, 0) is 11.3 Å². The van der Waals surface area contributed by atoms with Crippen LogP contribution in [0.15, 0.2) is 36.4 Å². The number of carbonyl (C=O) groups excluding carboxylic acids is 1. The zero-order valence-corrected chi connectivity index (χ0v) is 12.1. The third-order valence-electron chi connectivity index (χ3n) is 3.32. The fourth-order valence-electron chi connectivity index (χ4n) is 2.15. The van der Waals surface area contributed by atoms with Gasteiger partial charge in [0.15, 0.2) is 11.5 Å². The summed E-state index contributed by atoms with van der Waals surface area (Å²) in [6, 6.07) is 8.84. The largest absolute Gasteiger partial charge is 0.454 e. The van der Waals surface area contributed by atoms with Crippen molar-refractivity contribution in [3.8, 4) is 11.5 Å². The summed E-state index contributed by atoms with van der Waals surface area (Å²) in [6.07, 6.45) is 0. The molecule has 1 aliphatic rings. The van der Waals surface area contributed by atoms with Gasteiger partial charge in [0.1, 0.15) is 17.3 Å². The molecule has 2 N–H and O–H groups in total. The van der Waals surface area contributed by atoms with Crippen molar-refractivity contribution in [2.75, 3.05) is 18.7 Å². The molecule has 2 aromatic carbocycles. The van der Waals surface area contributed by atoms with Crippen molar-refractivity contribution in [2.24, 2.45) is 0 Å². The second kappa shape index (κ2) is 6.51. The first kappa shape index (κ1) is 15.1. The maximum Gasteiger partial charge on any atom is 0.239 e. The van der Waals surface area contributed by atoms with Gasteiger partial charge in [-0.05, 0) is 29.8 Å². The van der Waals surface area contributed by atoms with Crippen molar-refractivity contribution in [1.82, 2.24) is 5.32 Å². The number of fused-ring (bicyclic) bond motifs is 1. The molecule has 0 bridgehead atoms. The standard InChI is InChI=1S/C16H14F2N2O3/c17-11-2-1-3-12(18)16(11)20-8-15(21)19-7-10-4-5-13-14(6-10)23-9-22-13/h1-6,20H,7-9H2,(H,19,21). The van der Waals surface area contributed by atoms with E-state index >= 15 is 0 Å². The molecule has 7 heteroatoms. The van der Waals surface area contributed by atoms with E-state index in [1.54, 1.807) is 18.2 Å². The molecule has 5 nitrogen and oxygen atoms in total. The Labute approximate surface area is 131 Å². The minimum Gasteiger partial charge on any atom is -0.454 e. The molecule has 1 aliphatic heterocycles. The highest BCUT2D eigenvalue weighted by atomic mass is 19.1. The number of hydrogen-bond donors (Lipinski definition) is 2. The molecular weight excluding hydrogens is 306 g/mol. The minimum atomic E-state index is -0.742. The highest BCUT2D eigenvalue weighted by Gasteiger charge is 2.14. The van der Waals surface area contributed by atoms with Gasteiger partial charge in [0.25, 0.3) is 0 Å². The number of carbonyl (C=O) groups is 1. The van der Waals surface area contributed by atoms with Crippen molar-refractivity contribution in [1.29, 1.82) is 0 Å². The Hall–Kier alpha value is -2.83. The number of anilines is 1. The molecule has 3 rings (SSSR count). The van der Waals surface area contributed by atoms with Gasteiger partial charge in [-0.15, -0.1) is 0 Å². The molecule has 0 saturated carbocycles. The van der Waals surface area contributed by atoms with Crippen molar-refractivity contribution in [3.05, 3.63) is 53.6 Å². The quantitative estimate of drug-likeness (QED) is 0.888. The molecule has 0 aromatic heterocycles. The van der Waals surface area contributed by atoms with Crippen molar-refractivity contribution >= 4 is 11.6 Å². The van der Waals surface area contributed by atoms with Gasteiger partial charge in [0.05, 0.1) is 6.54 Å². The van der Waals surface area contributed by atoms with E-state index in [2.05, 4.69) is 10.6 Å². The summed E-state index contributed by atoms with van der Waals surface area (Å²) in [7, 11) is 0. The Bertz CT molecular complexity index is 717. The van der Waals surface area contributed by atoms with E-state index in [4.69, 9.17) is 9.47 Å². The smallest absolute Gasteiger partial charge is 0.239 e. The van der Waals surface area contributed by atoms with Crippen LogP contribution in [0.3, 0.4) is 0 Å². The normalized spacial score (nSPS) is 12.1. The number of para-hydroxylation sites is 1. The molecule has 0 unspecified atom stereocenters. The monoisotopic (exact) mass is 320 g/mol. The maximum atomic E-state index is 13.4. The van der Waals surface area contributed by atoms with E-state index in [-0.39, 0.29) is 31.5 Å². The highest BCUT2D eigenvalue weighted by Crippen LogP contribution is 2.32. The van der Waals surface area contributed by atoms with Crippen LogP contribution in [0.2, 0.25) is 0 Å². The van der Waals surface area contributed by atoms with E-state index in [1.165, 1.54) is 6.07 Å². The summed E-state index contributed by atoms with van der Waals surface area (Å²) in [5, 5.41) is 5.11. The molecule has 120 valence electrons. The third-order valence-corrected chi connectivity index (χ3v) is 3.32. The molecule has 0 fully saturated rings. The second-order valence-electron chi connectivity index (χ2n) is 4.91. The van der Waals surface area contributed by atoms with Gasteiger partial charge in [-0.25, -0.2) is 8.78 Å². The van der Waals surface area contributed by atoms with Gasteiger partial charge in [0, 0.05) is 6.54 Å². The predicted octanol–water partition coefficient (Wildman–Crippen LogP) is 2.42. The number of nitrogens with one attached hydrogen (secondary N) is 2. The number of halogens is 2. The number of hydrogen-bond acceptors (Lipinski definition) is 4. The van der Waals surface area contributed by atoms with Gasteiger partial charge in [-0.3, -0.25) is 4.79 Å². The Kier molecular flexibility index (Phi) is 4.27. The zero-order chi connectivity index (χ0) is 16.2. The van der Waals surface area contributed by atoms with Crippen LogP contribution in [0.5, 0.6) is 11.5 Å². The lowest BCUT2D eigenvalue weighted by atomic mass is 10.2. The van der Waals surface area contributed by atoms with Crippen LogP contribution in [-0.4, -0.2) is 19.2 Å². The molecule has 1 amide bonds. The van der Waals surface area contributed by atoms with Gasteiger partial charge < -0.3 is 20.1 Å². The Balaban J connectivity index is 1.52. The van der Waals surface area contributed by atoms with Gasteiger partial charge in [0.2, 0.25) is 12.7 Å². The van der Waals surface area contributed by atoms with Crippen molar-refractivity contribution in [2.45, 2.75) is 6.54 Å². The average Bonchev–Trinajstić information content (AvgIpc) is 3.00. The predicted molar refractivity (Wildman–Crippen MR) is 79.3 cm³/mol. The summed E-state index contributed by atoms with van der Waals surface area (Å²) in [4.78, 5) is 11.8. The Morgan fingerprint density at radius 1 is 1.09 bits per heavy atom. The van der Waals surface area contributed by atoms with Gasteiger partial charge in [-0.2, -0.15) is 0 Å². The molecule has 0 saturated heterocycles. The summed E-state index contributed by atoms with van der Waals surface area (Å²) >= 11 is 0. The summed E-state index contributed by atoms with van der Waals surface area (Å²) in [6.45, 7) is 0.225. The molecule has 23 heavy (non-hydrogen) atoms. The lowest BCUT2D eigenvalue weighted by Gasteiger charge is -2.09. The Morgan fingerprint density at radius 3 is 2.61 bits per heavy atom. The topological polar surface area (TPSA) is 59.6 Å². The first-order valence-corrected chi connectivity index (χ1v) is 6.96. The van der Waals surface area contributed by atoms with Crippen LogP contribution in [0.1, 0.15) is 5.56 Å². The molecule has 1 heterocycles. The van der Waals surface area contributed by atoms with Crippen molar-refractivity contribution in [3.63, 3.8) is 0 Å². The van der Waals surface area contributed by atoms with Crippen molar-refractivity contribution < 1.29 is 23.0 Å². The molecule has 0 spiro atoms. The molecular formula is C16H14F2N2O3. The van der Waals surface area contributed by atoms with Crippen LogP contribution >= 0.6 is 0 Å². The number of rotatable bonds is 5.